The van der Waals surface area contributed by atoms with E-state index in [1.54, 1.807) is 0 Å². The van der Waals surface area contributed by atoms with Crippen molar-refractivity contribution in [3.05, 3.63) is 0 Å². The van der Waals surface area contributed by atoms with Crippen LogP contribution in [0, 0.1) is 0 Å². The Balaban J connectivity index is 1.85. The smallest absolute Gasteiger partial charge is 0.232 e. The zero-order chi connectivity index (χ0) is 14.7. The molecule has 2 saturated heterocycles. The van der Waals surface area contributed by atoms with E-state index in [9.17, 15) is 5.11 Å². The number of nitrogen functional groups attached to an aromatic ring is 1. The molecule has 0 bridgehead atoms. The molecule has 0 amide bonds. The average molecular weight is 294 g/mol. The molecule has 116 valence electrons. The third kappa shape index (κ3) is 3.16. The highest BCUT2D eigenvalue weighted by molar-refractivity contribution is 5.44. The number of aromatic nitrogens is 3. The molecule has 1 aromatic heterocycles. The molecule has 1 aromatic rings. The number of nitrogens with zero attached hydrogens (tertiary/aromatic N) is 5. The topological polar surface area (TPSA) is 101 Å². The van der Waals surface area contributed by atoms with Crippen molar-refractivity contribution in [2.45, 2.75) is 25.3 Å². The van der Waals surface area contributed by atoms with Crippen LogP contribution in [-0.2, 0) is 4.74 Å². The first kappa shape index (κ1) is 14.3. The van der Waals surface area contributed by atoms with Crippen LogP contribution in [0.25, 0.3) is 0 Å². The maximum absolute atomic E-state index is 9.54. The van der Waals surface area contributed by atoms with Gasteiger partial charge >= 0.3 is 0 Å². The van der Waals surface area contributed by atoms with Crippen molar-refractivity contribution in [3.8, 4) is 0 Å². The molecule has 0 radical (unpaired) electrons. The zero-order valence-corrected chi connectivity index (χ0v) is 12.1. The summed E-state index contributed by atoms with van der Waals surface area (Å²) in [4.78, 5) is 17.2. The lowest BCUT2D eigenvalue weighted by Crippen LogP contribution is -2.43. The number of nitrogens with two attached hydrogens (primary N) is 1. The van der Waals surface area contributed by atoms with Crippen LogP contribution < -0.4 is 15.5 Å². The molecule has 8 nitrogen and oxygen atoms in total. The fourth-order valence-corrected chi connectivity index (χ4v) is 2.86. The van der Waals surface area contributed by atoms with Crippen LogP contribution in [0.2, 0.25) is 0 Å². The maximum atomic E-state index is 9.54. The fraction of sp³-hybridized carbons (Fsp3) is 0.769. The number of ether oxygens (including phenoxy) is 1. The molecule has 0 saturated carbocycles. The lowest BCUT2D eigenvalue weighted by Gasteiger charge is -2.35. The van der Waals surface area contributed by atoms with E-state index in [1.807, 2.05) is 4.90 Å². The number of rotatable bonds is 3. The van der Waals surface area contributed by atoms with Gasteiger partial charge in [-0.2, -0.15) is 15.0 Å². The molecule has 0 aromatic carbocycles. The Morgan fingerprint density at radius 2 is 1.86 bits per heavy atom. The summed E-state index contributed by atoms with van der Waals surface area (Å²) < 4.78 is 5.34. The SMILES string of the molecule is Nc1nc(N2CCOCC2)nc(N2CCCCC2CO)n1. The Kier molecular flexibility index (Phi) is 4.35. The molecule has 8 heteroatoms. The molecule has 1 atom stereocenters. The summed E-state index contributed by atoms with van der Waals surface area (Å²) in [6.07, 6.45) is 3.16. The quantitative estimate of drug-likeness (QED) is 0.779. The number of aliphatic hydroxyl groups is 1. The van der Waals surface area contributed by atoms with Gasteiger partial charge in [0.2, 0.25) is 17.8 Å². The Morgan fingerprint density at radius 1 is 1.10 bits per heavy atom. The van der Waals surface area contributed by atoms with Crippen LogP contribution in [0.3, 0.4) is 0 Å². The van der Waals surface area contributed by atoms with Crippen molar-refractivity contribution in [3.63, 3.8) is 0 Å². The van der Waals surface area contributed by atoms with Gasteiger partial charge in [-0.05, 0) is 19.3 Å². The van der Waals surface area contributed by atoms with Crippen molar-refractivity contribution >= 4 is 17.8 Å². The standard InChI is InChI=1S/C13H22N6O2/c14-11-15-12(18-5-7-21-8-6-18)17-13(16-11)19-4-2-1-3-10(19)9-20/h10,20H,1-9H2,(H2,14,15,16,17). The number of anilines is 3. The van der Waals surface area contributed by atoms with Crippen molar-refractivity contribution in [1.82, 2.24) is 15.0 Å². The Hall–Kier alpha value is -1.67. The Bertz CT molecular complexity index is 480. The third-order valence-corrected chi connectivity index (χ3v) is 4.02. The number of hydrogen-bond acceptors (Lipinski definition) is 8. The van der Waals surface area contributed by atoms with E-state index in [2.05, 4.69) is 19.9 Å². The second kappa shape index (κ2) is 6.40. The molecule has 2 fully saturated rings. The summed E-state index contributed by atoms with van der Waals surface area (Å²) in [7, 11) is 0. The summed E-state index contributed by atoms with van der Waals surface area (Å²) in [5, 5.41) is 9.54. The third-order valence-electron chi connectivity index (χ3n) is 4.02. The van der Waals surface area contributed by atoms with E-state index >= 15 is 0 Å². The van der Waals surface area contributed by atoms with Crippen molar-refractivity contribution < 1.29 is 9.84 Å². The summed E-state index contributed by atoms with van der Waals surface area (Å²) >= 11 is 0. The predicted molar refractivity (Wildman–Crippen MR) is 79.3 cm³/mol. The van der Waals surface area contributed by atoms with Crippen LogP contribution >= 0.6 is 0 Å². The minimum atomic E-state index is 0.0677. The highest BCUT2D eigenvalue weighted by Gasteiger charge is 2.26. The maximum Gasteiger partial charge on any atom is 0.232 e. The van der Waals surface area contributed by atoms with E-state index in [-0.39, 0.29) is 18.6 Å². The van der Waals surface area contributed by atoms with Crippen molar-refractivity contribution in [2.24, 2.45) is 0 Å². The fourth-order valence-electron chi connectivity index (χ4n) is 2.86. The number of piperidine rings is 1. The van der Waals surface area contributed by atoms with E-state index < -0.39 is 0 Å². The molecule has 3 heterocycles. The Labute approximate surface area is 123 Å². The Morgan fingerprint density at radius 3 is 2.62 bits per heavy atom. The summed E-state index contributed by atoms with van der Waals surface area (Å²) in [6, 6.07) is 0.0677. The zero-order valence-electron chi connectivity index (χ0n) is 12.1. The summed E-state index contributed by atoms with van der Waals surface area (Å²) in [5.74, 6) is 1.40. The van der Waals surface area contributed by atoms with Gasteiger partial charge in [0.15, 0.2) is 0 Å². The van der Waals surface area contributed by atoms with Gasteiger partial charge < -0.3 is 25.4 Å². The number of aliphatic hydroxyl groups excluding tert-OH is 1. The second-order valence-electron chi connectivity index (χ2n) is 5.42. The van der Waals surface area contributed by atoms with Crippen LogP contribution in [0.1, 0.15) is 19.3 Å². The summed E-state index contributed by atoms with van der Waals surface area (Å²) in [6.45, 7) is 3.81. The average Bonchev–Trinajstić information content (AvgIpc) is 2.55. The van der Waals surface area contributed by atoms with E-state index in [4.69, 9.17) is 10.5 Å². The van der Waals surface area contributed by atoms with Crippen LogP contribution in [0.4, 0.5) is 17.8 Å². The van der Waals surface area contributed by atoms with Gasteiger partial charge in [-0.3, -0.25) is 0 Å². The summed E-state index contributed by atoms with van der Waals surface area (Å²) in [5.41, 5.74) is 5.85. The van der Waals surface area contributed by atoms with E-state index in [0.29, 0.717) is 25.1 Å². The molecular formula is C13H22N6O2. The largest absolute Gasteiger partial charge is 0.394 e. The van der Waals surface area contributed by atoms with Gasteiger partial charge in [-0.25, -0.2) is 0 Å². The molecule has 0 aliphatic carbocycles. The molecule has 2 aliphatic rings. The number of morpholine rings is 1. The van der Waals surface area contributed by atoms with Gasteiger partial charge in [0.1, 0.15) is 0 Å². The lowest BCUT2D eigenvalue weighted by atomic mass is 10.0. The van der Waals surface area contributed by atoms with Crippen molar-refractivity contribution in [1.29, 1.82) is 0 Å². The second-order valence-corrected chi connectivity index (χ2v) is 5.42. The minimum Gasteiger partial charge on any atom is -0.394 e. The number of hydrogen-bond donors (Lipinski definition) is 2. The molecule has 1 unspecified atom stereocenters. The highest BCUT2D eigenvalue weighted by Crippen LogP contribution is 2.23. The van der Waals surface area contributed by atoms with Gasteiger partial charge in [-0.1, -0.05) is 0 Å². The van der Waals surface area contributed by atoms with Crippen LogP contribution in [0.5, 0.6) is 0 Å². The first-order valence-corrected chi connectivity index (χ1v) is 7.49. The van der Waals surface area contributed by atoms with Crippen LogP contribution in [-0.4, -0.2) is 65.6 Å². The van der Waals surface area contributed by atoms with E-state index in [1.165, 1.54) is 0 Å². The van der Waals surface area contributed by atoms with Crippen molar-refractivity contribution in [2.75, 3.05) is 55.0 Å². The molecule has 3 N–H and O–H groups in total. The first-order chi connectivity index (χ1) is 10.3. The van der Waals surface area contributed by atoms with Gasteiger partial charge in [0.05, 0.1) is 25.9 Å². The normalized spacial score (nSPS) is 23.4. The van der Waals surface area contributed by atoms with Gasteiger partial charge in [0, 0.05) is 19.6 Å². The minimum absolute atomic E-state index is 0.0677. The lowest BCUT2D eigenvalue weighted by molar-refractivity contribution is 0.122. The molecule has 0 spiro atoms. The van der Waals surface area contributed by atoms with Gasteiger partial charge in [0.25, 0.3) is 0 Å². The first-order valence-electron chi connectivity index (χ1n) is 7.49. The monoisotopic (exact) mass is 294 g/mol. The van der Waals surface area contributed by atoms with Gasteiger partial charge in [-0.15, -0.1) is 0 Å². The molecule has 3 rings (SSSR count). The van der Waals surface area contributed by atoms with E-state index in [0.717, 1.165) is 38.9 Å². The molecule has 21 heavy (non-hydrogen) atoms. The van der Waals surface area contributed by atoms with Crippen LogP contribution in [0.15, 0.2) is 0 Å². The highest BCUT2D eigenvalue weighted by atomic mass is 16.5. The molecule has 2 aliphatic heterocycles. The predicted octanol–water partition coefficient (Wildman–Crippen LogP) is -0.358. The molecular weight excluding hydrogens is 272 g/mol.